The van der Waals surface area contributed by atoms with Gasteiger partial charge in [-0.1, -0.05) is 11.6 Å². The van der Waals surface area contributed by atoms with Crippen LogP contribution in [-0.2, 0) is 6.54 Å². The van der Waals surface area contributed by atoms with Crippen LogP contribution < -0.4 is 15.6 Å². The number of aryl methyl sites for hydroxylation is 1. The normalized spacial score (nSPS) is 17.7. The number of hydrogen-bond donors (Lipinski definition) is 2. The quantitative estimate of drug-likeness (QED) is 0.433. The number of rotatable bonds is 8. The fourth-order valence-corrected chi connectivity index (χ4v) is 5.63. The zero-order chi connectivity index (χ0) is 26.7. The number of H-pyrrole nitrogens is 1. The summed E-state index contributed by atoms with van der Waals surface area (Å²) in [5.41, 5.74) is 3.81. The van der Waals surface area contributed by atoms with Crippen LogP contribution in [0.1, 0.15) is 59.8 Å². The van der Waals surface area contributed by atoms with Crippen LogP contribution in [0.25, 0.3) is 11.5 Å². The number of nitrogens with zero attached hydrogens (tertiary/aromatic N) is 3. The Morgan fingerprint density at radius 2 is 1.86 bits per heavy atom. The molecule has 0 spiro atoms. The average molecular weight is 526 g/mol. The number of hydrogen-bond acceptors (Lipinski definition) is 6. The highest BCUT2D eigenvalue weighted by Crippen LogP contribution is 2.34. The molecule has 1 aromatic carbocycles. The number of aromatic nitrogens is 2. The molecule has 0 unspecified atom stereocenters. The largest absolute Gasteiger partial charge is 0.442 e. The van der Waals surface area contributed by atoms with Crippen molar-refractivity contribution in [3.8, 4) is 11.5 Å². The fraction of sp³-hybridized carbons (Fsp3) is 0.464. The molecule has 8 nitrogen and oxygen atoms in total. The topological polar surface area (TPSA) is 94.5 Å². The summed E-state index contributed by atoms with van der Waals surface area (Å²) < 4.78 is 5.41. The van der Waals surface area contributed by atoms with Crippen LogP contribution in [0, 0.1) is 13.8 Å². The summed E-state index contributed by atoms with van der Waals surface area (Å²) >= 11 is 6.54. The lowest BCUT2D eigenvalue weighted by atomic mass is 9.89. The number of oxazole rings is 1. The van der Waals surface area contributed by atoms with Gasteiger partial charge in [-0.2, -0.15) is 0 Å². The van der Waals surface area contributed by atoms with Gasteiger partial charge < -0.3 is 24.5 Å². The second kappa shape index (κ2) is 11.5. The van der Waals surface area contributed by atoms with E-state index in [1.165, 1.54) is 18.7 Å². The van der Waals surface area contributed by atoms with Gasteiger partial charge >= 0.3 is 0 Å². The van der Waals surface area contributed by atoms with E-state index in [0.717, 1.165) is 43.5 Å². The number of nitrogens with one attached hydrogen (secondary N) is 2. The van der Waals surface area contributed by atoms with E-state index < -0.39 is 0 Å². The molecule has 37 heavy (non-hydrogen) atoms. The molecule has 0 atom stereocenters. The van der Waals surface area contributed by atoms with Crippen molar-refractivity contribution >= 4 is 23.2 Å². The molecule has 0 saturated heterocycles. The third-order valence-corrected chi connectivity index (χ3v) is 7.67. The SMILES string of the molecule is CCN(c1cc(Cl)cc(C(=O)NCc2c(-c3cnco3)[nH]c(C)cc2=O)c1C)[C@H]1CC[C@H](N(C)C)CC1. The van der Waals surface area contributed by atoms with Crippen molar-refractivity contribution in [3.05, 3.63) is 68.4 Å². The maximum absolute atomic E-state index is 13.4. The lowest BCUT2D eigenvalue weighted by Crippen LogP contribution is -2.42. The van der Waals surface area contributed by atoms with Crippen molar-refractivity contribution in [2.45, 2.75) is 65.1 Å². The third kappa shape index (κ3) is 5.91. The number of carbonyl (C=O) groups excluding carboxylic acids is 1. The minimum atomic E-state index is -0.280. The van der Waals surface area contributed by atoms with Crippen LogP contribution in [0.2, 0.25) is 5.02 Å². The molecule has 9 heteroatoms. The van der Waals surface area contributed by atoms with Gasteiger partial charge in [-0.25, -0.2) is 4.98 Å². The third-order valence-electron chi connectivity index (χ3n) is 7.45. The Kier molecular flexibility index (Phi) is 8.39. The smallest absolute Gasteiger partial charge is 0.251 e. The van der Waals surface area contributed by atoms with E-state index in [2.05, 4.69) is 46.1 Å². The Morgan fingerprint density at radius 3 is 2.49 bits per heavy atom. The van der Waals surface area contributed by atoms with Crippen LogP contribution in [0.5, 0.6) is 0 Å². The van der Waals surface area contributed by atoms with Gasteiger partial charge in [-0.15, -0.1) is 0 Å². The molecule has 2 heterocycles. The Morgan fingerprint density at radius 1 is 1.16 bits per heavy atom. The number of halogens is 1. The summed E-state index contributed by atoms with van der Waals surface area (Å²) in [6.45, 7) is 6.78. The maximum atomic E-state index is 13.4. The molecule has 4 rings (SSSR count). The first-order valence-corrected chi connectivity index (χ1v) is 13.2. The Hall–Kier alpha value is -3.10. The molecule has 1 amide bonds. The van der Waals surface area contributed by atoms with Gasteiger partial charge in [0.15, 0.2) is 17.6 Å². The summed E-state index contributed by atoms with van der Waals surface area (Å²) in [5.74, 6) is 0.158. The highest BCUT2D eigenvalue weighted by Gasteiger charge is 2.28. The summed E-state index contributed by atoms with van der Waals surface area (Å²) in [7, 11) is 4.29. The van der Waals surface area contributed by atoms with E-state index >= 15 is 0 Å². The summed E-state index contributed by atoms with van der Waals surface area (Å²) in [6, 6.07) is 6.19. The van der Waals surface area contributed by atoms with E-state index in [-0.39, 0.29) is 17.9 Å². The highest BCUT2D eigenvalue weighted by atomic mass is 35.5. The molecule has 2 N–H and O–H groups in total. The average Bonchev–Trinajstić information content (AvgIpc) is 3.40. The molecular weight excluding hydrogens is 490 g/mol. The van der Waals surface area contributed by atoms with Gasteiger partial charge in [-0.3, -0.25) is 9.59 Å². The van der Waals surface area contributed by atoms with E-state index in [1.54, 1.807) is 13.0 Å². The zero-order valence-electron chi connectivity index (χ0n) is 22.2. The molecule has 3 aromatic rings. The number of carbonyl (C=O) groups is 1. The highest BCUT2D eigenvalue weighted by molar-refractivity contribution is 6.31. The second-order valence-electron chi connectivity index (χ2n) is 10.0. The Bertz CT molecular complexity index is 1290. The molecule has 1 fully saturated rings. The molecule has 0 aliphatic heterocycles. The van der Waals surface area contributed by atoms with Crippen molar-refractivity contribution in [1.82, 2.24) is 20.2 Å². The molecule has 0 bridgehead atoms. The van der Waals surface area contributed by atoms with Gasteiger partial charge in [0.2, 0.25) is 0 Å². The Labute approximate surface area is 223 Å². The van der Waals surface area contributed by atoms with Crippen LogP contribution in [0.3, 0.4) is 0 Å². The van der Waals surface area contributed by atoms with Crippen molar-refractivity contribution in [3.63, 3.8) is 0 Å². The van der Waals surface area contributed by atoms with E-state index in [0.29, 0.717) is 45.4 Å². The summed E-state index contributed by atoms with van der Waals surface area (Å²) in [5, 5.41) is 3.44. The standard InChI is InChI=1S/C28H36ClN5O3/c1-6-34(21-9-7-20(8-10-21)33(4)5)24-13-19(29)12-22(18(24)3)28(36)31-14-23-25(35)11-17(2)32-27(23)26-15-30-16-37-26/h11-13,15-16,20-21H,6-10,14H2,1-5H3,(H,31,36)(H,32,35)/t20-,21-. The molecule has 1 saturated carbocycles. The van der Waals surface area contributed by atoms with Gasteiger partial charge in [0, 0.05) is 58.8 Å². The lowest BCUT2D eigenvalue weighted by Gasteiger charge is -2.40. The second-order valence-corrected chi connectivity index (χ2v) is 10.5. The number of amides is 1. The van der Waals surface area contributed by atoms with Gasteiger partial charge in [0.1, 0.15) is 0 Å². The minimum Gasteiger partial charge on any atom is -0.442 e. The van der Waals surface area contributed by atoms with Crippen LogP contribution in [-0.4, -0.2) is 53.5 Å². The van der Waals surface area contributed by atoms with Gasteiger partial charge in [0.25, 0.3) is 5.91 Å². The lowest BCUT2D eigenvalue weighted by molar-refractivity contribution is 0.0950. The summed E-state index contributed by atoms with van der Waals surface area (Å²) in [4.78, 5) is 38.0. The zero-order valence-corrected chi connectivity index (χ0v) is 23.0. The predicted octanol–water partition coefficient (Wildman–Crippen LogP) is 4.93. The van der Waals surface area contributed by atoms with E-state index in [1.807, 2.05) is 13.0 Å². The number of pyridine rings is 1. The van der Waals surface area contributed by atoms with E-state index in [9.17, 15) is 9.59 Å². The molecule has 1 aliphatic carbocycles. The first kappa shape index (κ1) is 26.9. The molecule has 0 radical (unpaired) electrons. The van der Waals surface area contributed by atoms with Crippen LogP contribution in [0.15, 0.2) is 40.0 Å². The first-order chi connectivity index (χ1) is 17.7. The monoisotopic (exact) mass is 525 g/mol. The number of anilines is 1. The molecule has 1 aliphatic rings. The van der Waals surface area contributed by atoms with Gasteiger partial charge in [-0.05, 0) is 78.2 Å². The molecule has 2 aromatic heterocycles. The maximum Gasteiger partial charge on any atom is 0.251 e. The predicted molar refractivity (Wildman–Crippen MR) is 147 cm³/mol. The number of benzene rings is 1. The Balaban J connectivity index is 1.57. The first-order valence-electron chi connectivity index (χ1n) is 12.8. The minimum absolute atomic E-state index is 0.0395. The number of aromatic amines is 1. The van der Waals surface area contributed by atoms with Crippen molar-refractivity contribution in [2.24, 2.45) is 0 Å². The van der Waals surface area contributed by atoms with Crippen molar-refractivity contribution in [1.29, 1.82) is 0 Å². The molecular formula is C28H36ClN5O3. The van der Waals surface area contributed by atoms with Crippen molar-refractivity contribution < 1.29 is 9.21 Å². The summed E-state index contributed by atoms with van der Waals surface area (Å²) in [6.07, 6.45) is 7.35. The fourth-order valence-electron chi connectivity index (χ4n) is 5.41. The van der Waals surface area contributed by atoms with E-state index in [4.69, 9.17) is 16.0 Å². The van der Waals surface area contributed by atoms with Crippen LogP contribution in [0.4, 0.5) is 5.69 Å². The van der Waals surface area contributed by atoms with Gasteiger partial charge in [0.05, 0.1) is 11.9 Å². The van der Waals surface area contributed by atoms with Crippen molar-refractivity contribution in [2.75, 3.05) is 25.5 Å². The van der Waals surface area contributed by atoms with Crippen LogP contribution >= 0.6 is 11.6 Å². The molecule has 198 valence electrons.